The Balaban J connectivity index is 2.35. The lowest BCUT2D eigenvalue weighted by Crippen LogP contribution is -2.46. The number of amides is 1. The van der Waals surface area contributed by atoms with Crippen LogP contribution in [0.4, 0.5) is 0 Å². The molecule has 1 aliphatic carbocycles. The Labute approximate surface area is 91.2 Å². The van der Waals surface area contributed by atoms with E-state index in [-0.39, 0.29) is 11.9 Å². The van der Waals surface area contributed by atoms with E-state index in [0.717, 1.165) is 12.8 Å². The zero-order chi connectivity index (χ0) is 11.3. The van der Waals surface area contributed by atoms with Crippen LogP contribution in [-0.4, -0.2) is 36.5 Å². The molecule has 0 radical (unpaired) electrons. The third kappa shape index (κ3) is 3.52. The lowest BCUT2D eigenvalue weighted by molar-refractivity contribution is -0.125. The maximum absolute atomic E-state index is 11.8. The molecule has 1 fully saturated rings. The summed E-state index contributed by atoms with van der Waals surface area (Å²) >= 11 is 0. The molecule has 1 N–H and O–H groups in total. The third-order valence-electron chi connectivity index (χ3n) is 3.06. The highest BCUT2D eigenvalue weighted by Gasteiger charge is 2.22. The summed E-state index contributed by atoms with van der Waals surface area (Å²) in [5, 5.41) is 11.6. The van der Waals surface area contributed by atoms with E-state index in [1.165, 1.54) is 12.8 Å². The Morgan fingerprint density at radius 1 is 1.60 bits per heavy atom. The van der Waals surface area contributed by atoms with Gasteiger partial charge in [0.05, 0.1) is 18.7 Å². The summed E-state index contributed by atoms with van der Waals surface area (Å²) in [4.78, 5) is 13.5. The SMILES string of the molecule is CC(C(=O)NC1CCCC1)N(C)CC#N. The number of likely N-dealkylation sites (N-methyl/N-ethyl adjacent to an activating group) is 1. The molecular formula is C11H19N3O. The Hall–Kier alpha value is -1.08. The summed E-state index contributed by atoms with van der Waals surface area (Å²) in [5.41, 5.74) is 0. The van der Waals surface area contributed by atoms with Gasteiger partial charge in [-0.1, -0.05) is 12.8 Å². The second-order valence-corrected chi connectivity index (χ2v) is 4.24. The molecule has 1 unspecified atom stereocenters. The van der Waals surface area contributed by atoms with Crippen LogP contribution in [-0.2, 0) is 4.79 Å². The second-order valence-electron chi connectivity index (χ2n) is 4.24. The van der Waals surface area contributed by atoms with Gasteiger partial charge in [0.15, 0.2) is 0 Å². The molecule has 0 heterocycles. The van der Waals surface area contributed by atoms with Crippen LogP contribution in [0.15, 0.2) is 0 Å². The van der Waals surface area contributed by atoms with Crippen molar-refractivity contribution in [3.8, 4) is 6.07 Å². The van der Waals surface area contributed by atoms with Crippen LogP contribution < -0.4 is 5.32 Å². The van der Waals surface area contributed by atoms with Gasteiger partial charge in [-0.25, -0.2) is 0 Å². The summed E-state index contributed by atoms with van der Waals surface area (Å²) in [7, 11) is 1.79. The first-order valence-electron chi connectivity index (χ1n) is 5.52. The fourth-order valence-corrected chi connectivity index (χ4v) is 1.84. The first-order chi connectivity index (χ1) is 7.15. The van der Waals surface area contributed by atoms with Crippen molar-refractivity contribution in [1.82, 2.24) is 10.2 Å². The number of hydrogen-bond donors (Lipinski definition) is 1. The van der Waals surface area contributed by atoms with E-state index in [2.05, 4.69) is 5.32 Å². The molecule has 1 saturated carbocycles. The maximum Gasteiger partial charge on any atom is 0.237 e. The van der Waals surface area contributed by atoms with Gasteiger partial charge in [-0.05, 0) is 26.8 Å². The highest BCUT2D eigenvalue weighted by Crippen LogP contribution is 2.17. The van der Waals surface area contributed by atoms with E-state index in [1.54, 1.807) is 11.9 Å². The third-order valence-corrected chi connectivity index (χ3v) is 3.06. The van der Waals surface area contributed by atoms with Gasteiger partial charge < -0.3 is 5.32 Å². The first-order valence-corrected chi connectivity index (χ1v) is 5.52. The highest BCUT2D eigenvalue weighted by molar-refractivity contribution is 5.81. The number of hydrogen-bond acceptors (Lipinski definition) is 3. The summed E-state index contributed by atoms with van der Waals surface area (Å²) in [6.45, 7) is 2.13. The summed E-state index contributed by atoms with van der Waals surface area (Å²) in [5.74, 6) is 0.0413. The van der Waals surface area contributed by atoms with E-state index in [4.69, 9.17) is 5.26 Å². The van der Waals surface area contributed by atoms with E-state index >= 15 is 0 Å². The largest absolute Gasteiger partial charge is 0.352 e. The van der Waals surface area contributed by atoms with E-state index in [0.29, 0.717) is 12.6 Å². The molecule has 1 amide bonds. The zero-order valence-corrected chi connectivity index (χ0v) is 9.49. The predicted octanol–water partition coefficient (Wildman–Crippen LogP) is 0.889. The van der Waals surface area contributed by atoms with Gasteiger partial charge in [0.25, 0.3) is 0 Å². The molecule has 4 nitrogen and oxygen atoms in total. The minimum absolute atomic E-state index is 0.0413. The average Bonchev–Trinajstić information content (AvgIpc) is 2.69. The van der Waals surface area contributed by atoms with E-state index in [1.807, 2.05) is 13.0 Å². The van der Waals surface area contributed by atoms with E-state index < -0.39 is 0 Å². The van der Waals surface area contributed by atoms with Crippen molar-refractivity contribution in [1.29, 1.82) is 5.26 Å². The Bertz CT molecular complexity index is 253. The lowest BCUT2D eigenvalue weighted by Gasteiger charge is -2.23. The first kappa shape index (κ1) is 12.0. The zero-order valence-electron chi connectivity index (χ0n) is 9.49. The van der Waals surface area contributed by atoms with E-state index in [9.17, 15) is 4.79 Å². The minimum Gasteiger partial charge on any atom is -0.352 e. The molecule has 4 heteroatoms. The number of rotatable bonds is 4. The molecule has 1 atom stereocenters. The van der Waals surface area contributed by atoms with Crippen LogP contribution in [0.5, 0.6) is 0 Å². The van der Waals surface area contributed by atoms with Crippen LogP contribution in [0.3, 0.4) is 0 Å². The maximum atomic E-state index is 11.8. The molecule has 1 aliphatic rings. The summed E-state index contributed by atoms with van der Waals surface area (Å²) < 4.78 is 0. The topological polar surface area (TPSA) is 56.1 Å². The minimum atomic E-state index is -0.217. The number of carbonyl (C=O) groups excluding carboxylic acids is 1. The average molecular weight is 209 g/mol. The smallest absolute Gasteiger partial charge is 0.237 e. The molecule has 15 heavy (non-hydrogen) atoms. The normalized spacial score (nSPS) is 18.8. The molecule has 0 aliphatic heterocycles. The molecule has 0 aromatic heterocycles. The standard InChI is InChI=1S/C11H19N3O/c1-9(14(2)8-7-12)11(15)13-10-5-3-4-6-10/h9-10H,3-6,8H2,1-2H3,(H,13,15). The van der Waals surface area contributed by atoms with Crippen LogP contribution in [0.1, 0.15) is 32.6 Å². The molecule has 0 bridgehead atoms. The van der Waals surface area contributed by atoms with Crippen molar-refractivity contribution in [2.75, 3.05) is 13.6 Å². The number of nitriles is 1. The quantitative estimate of drug-likeness (QED) is 0.699. The van der Waals surface area contributed by atoms with Gasteiger partial charge in [-0.2, -0.15) is 5.26 Å². The Kier molecular flexibility index (Phi) is 4.57. The molecule has 0 aromatic rings. The summed E-state index contributed by atoms with van der Waals surface area (Å²) in [6.07, 6.45) is 4.63. The van der Waals surface area contributed by atoms with Gasteiger partial charge in [0.1, 0.15) is 0 Å². The molecule has 0 aromatic carbocycles. The van der Waals surface area contributed by atoms with Gasteiger partial charge >= 0.3 is 0 Å². The molecule has 1 rings (SSSR count). The second kappa shape index (κ2) is 5.72. The number of carbonyl (C=O) groups is 1. The van der Waals surface area contributed by atoms with Gasteiger partial charge in [-0.3, -0.25) is 9.69 Å². The fraction of sp³-hybridized carbons (Fsp3) is 0.818. The van der Waals surface area contributed by atoms with Crippen molar-refractivity contribution < 1.29 is 4.79 Å². The van der Waals surface area contributed by atoms with Crippen molar-refractivity contribution in [2.45, 2.75) is 44.7 Å². The van der Waals surface area contributed by atoms with Gasteiger partial charge in [0.2, 0.25) is 5.91 Å². The highest BCUT2D eigenvalue weighted by atomic mass is 16.2. The van der Waals surface area contributed by atoms with Gasteiger partial charge in [-0.15, -0.1) is 0 Å². The van der Waals surface area contributed by atoms with Crippen LogP contribution in [0.2, 0.25) is 0 Å². The molecular weight excluding hydrogens is 190 g/mol. The van der Waals surface area contributed by atoms with Crippen LogP contribution >= 0.6 is 0 Å². The number of nitrogens with zero attached hydrogens (tertiary/aromatic N) is 2. The number of nitrogens with one attached hydrogen (secondary N) is 1. The van der Waals surface area contributed by atoms with Gasteiger partial charge in [0, 0.05) is 6.04 Å². The molecule has 0 saturated heterocycles. The van der Waals surface area contributed by atoms with Crippen molar-refractivity contribution >= 4 is 5.91 Å². The fourth-order valence-electron chi connectivity index (χ4n) is 1.84. The molecule has 84 valence electrons. The lowest BCUT2D eigenvalue weighted by atomic mass is 10.2. The van der Waals surface area contributed by atoms with Crippen LogP contribution in [0.25, 0.3) is 0 Å². The molecule has 0 spiro atoms. The monoisotopic (exact) mass is 209 g/mol. The van der Waals surface area contributed by atoms with Crippen molar-refractivity contribution in [3.63, 3.8) is 0 Å². The van der Waals surface area contributed by atoms with Crippen LogP contribution in [0, 0.1) is 11.3 Å². The predicted molar refractivity (Wildman–Crippen MR) is 58.1 cm³/mol. The Morgan fingerprint density at radius 3 is 2.73 bits per heavy atom. The van der Waals surface area contributed by atoms with Crippen molar-refractivity contribution in [3.05, 3.63) is 0 Å². The van der Waals surface area contributed by atoms with Crippen molar-refractivity contribution in [2.24, 2.45) is 0 Å². The Morgan fingerprint density at radius 2 is 2.20 bits per heavy atom. The summed E-state index contributed by atoms with van der Waals surface area (Å²) in [6, 6.07) is 2.18.